The summed E-state index contributed by atoms with van der Waals surface area (Å²) in [6, 6.07) is 20.6. The zero-order chi connectivity index (χ0) is 16.9. The summed E-state index contributed by atoms with van der Waals surface area (Å²) in [5.41, 5.74) is 8.34. The van der Waals surface area contributed by atoms with Crippen LogP contribution in [-0.2, 0) is 13.0 Å². The minimum absolute atomic E-state index is 0.188. The van der Waals surface area contributed by atoms with Crippen molar-refractivity contribution in [3.8, 4) is 0 Å². The van der Waals surface area contributed by atoms with Gasteiger partial charge in [0.2, 0.25) is 0 Å². The van der Waals surface area contributed by atoms with Crippen molar-refractivity contribution in [3.63, 3.8) is 0 Å². The molecule has 3 rings (SSSR count). The Bertz CT molecular complexity index is 807. The number of benzene rings is 3. The van der Waals surface area contributed by atoms with Gasteiger partial charge >= 0.3 is 0 Å². The first-order valence-electron chi connectivity index (χ1n) is 8.01. The van der Waals surface area contributed by atoms with Crippen molar-refractivity contribution in [1.29, 1.82) is 0 Å². The number of nitrogens with two attached hydrogens (primary N) is 1. The van der Waals surface area contributed by atoms with Crippen LogP contribution in [0.4, 0.5) is 0 Å². The normalized spacial score (nSPS) is 12.5. The van der Waals surface area contributed by atoms with Crippen LogP contribution in [0, 0.1) is 0 Å². The third-order valence-electron chi connectivity index (χ3n) is 4.15. The third kappa shape index (κ3) is 4.28. The van der Waals surface area contributed by atoms with E-state index in [1.807, 2.05) is 12.1 Å². The van der Waals surface area contributed by atoms with Gasteiger partial charge in [-0.3, -0.25) is 0 Å². The number of halogens is 2. The molecule has 0 bridgehead atoms. The summed E-state index contributed by atoms with van der Waals surface area (Å²) >= 11 is 12.1. The topological polar surface area (TPSA) is 38.0 Å². The summed E-state index contributed by atoms with van der Waals surface area (Å²) in [4.78, 5) is 0. The molecule has 3 aromatic carbocycles. The Kier molecular flexibility index (Phi) is 5.75. The second-order valence-electron chi connectivity index (χ2n) is 5.93. The lowest BCUT2D eigenvalue weighted by molar-refractivity contribution is 0.517. The molecule has 0 spiro atoms. The predicted octanol–water partition coefficient (Wildman–Crippen LogP) is 4.81. The largest absolute Gasteiger partial charge is 0.329 e. The van der Waals surface area contributed by atoms with Gasteiger partial charge in [0.15, 0.2) is 0 Å². The van der Waals surface area contributed by atoms with Crippen molar-refractivity contribution in [2.45, 2.75) is 19.0 Å². The van der Waals surface area contributed by atoms with E-state index in [0.29, 0.717) is 23.1 Å². The van der Waals surface area contributed by atoms with Crippen LogP contribution in [-0.4, -0.2) is 12.6 Å². The summed E-state index contributed by atoms with van der Waals surface area (Å²) in [7, 11) is 0. The lowest BCUT2D eigenvalue weighted by Gasteiger charge is -2.18. The average Bonchev–Trinajstić information content (AvgIpc) is 2.58. The first-order valence-corrected chi connectivity index (χ1v) is 8.76. The Morgan fingerprint density at radius 1 is 0.917 bits per heavy atom. The maximum atomic E-state index is 6.06. The number of rotatable bonds is 6. The van der Waals surface area contributed by atoms with E-state index in [2.05, 4.69) is 47.8 Å². The van der Waals surface area contributed by atoms with Crippen molar-refractivity contribution in [3.05, 3.63) is 81.8 Å². The highest BCUT2D eigenvalue weighted by Gasteiger charge is 2.10. The fourth-order valence-electron chi connectivity index (χ4n) is 2.95. The van der Waals surface area contributed by atoms with Gasteiger partial charge in [0.1, 0.15) is 0 Å². The average molecular weight is 359 g/mol. The van der Waals surface area contributed by atoms with Crippen molar-refractivity contribution < 1.29 is 0 Å². The van der Waals surface area contributed by atoms with Gasteiger partial charge in [-0.05, 0) is 46.5 Å². The molecule has 0 amide bonds. The van der Waals surface area contributed by atoms with Gasteiger partial charge in [-0.25, -0.2) is 0 Å². The van der Waals surface area contributed by atoms with Crippen LogP contribution < -0.4 is 11.1 Å². The van der Waals surface area contributed by atoms with E-state index in [0.717, 1.165) is 12.0 Å². The van der Waals surface area contributed by atoms with Crippen molar-refractivity contribution in [2.75, 3.05) is 6.54 Å². The second kappa shape index (κ2) is 8.00. The maximum Gasteiger partial charge on any atom is 0.0424 e. The lowest BCUT2D eigenvalue weighted by atomic mass is 9.98. The molecule has 4 heteroatoms. The van der Waals surface area contributed by atoms with Gasteiger partial charge in [0.05, 0.1) is 0 Å². The smallest absolute Gasteiger partial charge is 0.0424 e. The van der Waals surface area contributed by atoms with Crippen LogP contribution >= 0.6 is 23.2 Å². The molecular weight excluding hydrogens is 339 g/mol. The third-order valence-corrected chi connectivity index (χ3v) is 4.58. The summed E-state index contributed by atoms with van der Waals surface area (Å²) in [6.45, 7) is 1.25. The van der Waals surface area contributed by atoms with Gasteiger partial charge in [-0.1, -0.05) is 65.7 Å². The Balaban J connectivity index is 1.72. The molecule has 0 heterocycles. The number of nitrogens with one attached hydrogen (secondary N) is 1. The zero-order valence-corrected chi connectivity index (χ0v) is 14.8. The molecule has 124 valence electrons. The fraction of sp³-hybridized carbons (Fsp3) is 0.200. The Morgan fingerprint density at radius 3 is 2.38 bits per heavy atom. The van der Waals surface area contributed by atoms with Crippen LogP contribution in [0.25, 0.3) is 10.8 Å². The van der Waals surface area contributed by atoms with E-state index in [1.165, 1.54) is 16.3 Å². The van der Waals surface area contributed by atoms with E-state index in [1.54, 1.807) is 6.07 Å². The van der Waals surface area contributed by atoms with Crippen LogP contribution in [0.2, 0.25) is 10.0 Å². The molecule has 0 saturated carbocycles. The molecule has 0 aliphatic heterocycles. The van der Waals surface area contributed by atoms with E-state index in [4.69, 9.17) is 28.9 Å². The van der Waals surface area contributed by atoms with E-state index in [-0.39, 0.29) is 6.04 Å². The second-order valence-corrected chi connectivity index (χ2v) is 6.81. The summed E-state index contributed by atoms with van der Waals surface area (Å²) in [5.74, 6) is 0. The monoisotopic (exact) mass is 358 g/mol. The minimum Gasteiger partial charge on any atom is -0.329 e. The van der Waals surface area contributed by atoms with Gasteiger partial charge in [0.25, 0.3) is 0 Å². The highest BCUT2D eigenvalue weighted by Crippen LogP contribution is 2.21. The molecule has 0 saturated heterocycles. The van der Waals surface area contributed by atoms with E-state index < -0.39 is 0 Å². The van der Waals surface area contributed by atoms with Crippen molar-refractivity contribution in [2.24, 2.45) is 5.73 Å². The standard InChI is InChI=1S/C20H20Cl2N2/c21-17-8-14(9-18(22)11-17)13-24-19(12-23)10-16-6-3-5-15-4-1-2-7-20(15)16/h1-9,11,19,24H,10,12-13,23H2. The van der Waals surface area contributed by atoms with Crippen molar-refractivity contribution in [1.82, 2.24) is 5.32 Å². The van der Waals surface area contributed by atoms with Crippen LogP contribution in [0.1, 0.15) is 11.1 Å². The molecule has 0 fully saturated rings. The first-order chi connectivity index (χ1) is 11.7. The van der Waals surface area contributed by atoms with Crippen LogP contribution in [0.3, 0.4) is 0 Å². The molecular formula is C20H20Cl2N2. The fourth-order valence-corrected chi connectivity index (χ4v) is 3.52. The summed E-state index contributed by atoms with van der Waals surface area (Å²) < 4.78 is 0. The van der Waals surface area contributed by atoms with Gasteiger partial charge < -0.3 is 11.1 Å². The van der Waals surface area contributed by atoms with E-state index in [9.17, 15) is 0 Å². The predicted molar refractivity (Wildman–Crippen MR) is 104 cm³/mol. The zero-order valence-electron chi connectivity index (χ0n) is 13.3. The molecule has 3 aromatic rings. The number of fused-ring (bicyclic) bond motifs is 1. The number of hydrogen-bond acceptors (Lipinski definition) is 2. The molecule has 0 aliphatic carbocycles. The maximum absolute atomic E-state index is 6.06. The van der Waals surface area contributed by atoms with Crippen LogP contribution in [0.5, 0.6) is 0 Å². The molecule has 3 N–H and O–H groups in total. The Hall–Kier alpha value is -1.58. The quantitative estimate of drug-likeness (QED) is 0.663. The summed E-state index contributed by atoms with van der Waals surface area (Å²) in [6.07, 6.45) is 0.881. The molecule has 0 aliphatic rings. The molecule has 1 unspecified atom stereocenters. The van der Waals surface area contributed by atoms with Crippen LogP contribution in [0.15, 0.2) is 60.7 Å². The van der Waals surface area contributed by atoms with Gasteiger partial charge in [-0.15, -0.1) is 0 Å². The Labute approximate surface area is 152 Å². The molecule has 0 radical (unpaired) electrons. The summed E-state index contributed by atoms with van der Waals surface area (Å²) in [5, 5.41) is 7.35. The SMILES string of the molecule is NCC(Cc1cccc2ccccc12)NCc1cc(Cl)cc(Cl)c1. The molecule has 2 nitrogen and oxygen atoms in total. The van der Waals surface area contributed by atoms with Crippen molar-refractivity contribution >= 4 is 34.0 Å². The highest BCUT2D eigenvalue weighted by molar-refractivity contribution is 6.34. The molecule has 0 aromatic heterocycles. The molecule has 24 heavy (non-hydrogen) atoms. The lowest BCUT2D eigenvalue weighted by Crippen LogP contribution is -2.37. The Morgan fingerprint density at radius 2 is 1.62 bits per heavy atom. The van der Waals surface area contributed by atoms with Gasteiger partial charge in [-0.2, -0.15) is 0 Å². The van der Waals surface area contributed by atoms with Gasteiger partial charge in [0, 0.05) is 29.2 Å². The first kappa shape index (κ1) is 17.2. The van der Waals surface area contributed by atoms with E-state index >= 15 is 0 Å². The minimum atomic E-state index is 0.188. The highest BCUT2D eigenvalue weighted by atomic mass is 35.5. The molecule has 1 atom stereocenters. The number of hydrogen-bond donors (Lipinski definition) is 2.